The molecule has 2 heterocycles. The predicted octanol–water partition coefficient (Wildman–Crippen LogP) is 1.76. The highest BCUT2D eigenvalue weighted by Crippen LogP contribution is 2.44. The maximum absolute atomic E-state index is 10.3. The van der Waals surface area contributed by atoms with E-state index < -0.39 is 5.60 Å². The first-order valence-electron chi connectivity index (χ1n) is 7.86. The Kier molecular flexibility index (Phi) is 3.95. The van der Waals surface area contributed by atoms with Crippen molar-refractivity contribution in [3.05, 3.63) is 17.7 Å². The van der Waals surface area contributed by atoms with Crippen LogP contribution >= 0.6 is 0 Å². The number of nitrogens with zero attached hydrogens (tertiary/aromatic N) is 1. The van der Waals surface area contributed by atoms with Crippen LogP contribution in [0.2, 0.25) is 0 Å². The molecule has 0 aliphatic carbocycles. The first-order valence-corrected chi connectivity index (χ1v) is 7.86. The maximum atomic E-state index is 10.3. The van der Waals surface area contributed by atoms with Gasteiger partial charge in [-0.2, -0.15) is 4.57 Å². The van der Waals surface area contributed by atoms with Gasteiger partial charge in [-0.3, -0.25) is 0 Å². The highest BCUT2D eigenvalue weighted by atomic mass is 16.5. The van der Waals surface area contributed by atoms with Crippen molar-refractivity contribution in [2.45, 2.75) is 32.0 Å². The third-order valence-electron chi connectivity index (χ3n) is 4.57. The van der Waals surface area contributed by atoms with E-state index in [0.29, 0.717) is 23.8 Å². The van der Waals surface area contributed by atoms with Gasteiger partial charge in [0.2, 0.25) is 5.75 Å². The summed E-state index contributed by atoms with van der Waals surface area (Å²) in [5.41, 5.74) is 0.820. The minimum Gasteiger partial charge on any atom is -0.495 e. The van der Waals surface area contributed by atoms with Crippen molar-refractivity contribution < 1.29 is 28.6 Å². The lowest BCUT2D eigenvalue weighted by molar-refractivity contribution is -0.651. The molecule has 1 unspecified atom stereocenters. The molecule has 0 saturated carbocycles. The molecule has 0 bridgehead atoms. The highest BCUT2D eigenvalue weighted by Gasteiger charge is 2.43. The number of aromatic nitrogens is 1. The zero-order valence-corrected chi connectivity index (χ0v) is 15.0. The van der Waals surface area contributed by atoms with Crippen LogP contribution in [0.5, 0.6) is 23.1 Å². The van der Waals surface area contributed by atoms with Crippen LogP contribution in [0, 0.1) is 0 Å². The molecule has 0 saturated heterocycles. The number of methoxy groups -OCH3 is 3. The summed E-state index contributed by atoms with van der Waals surface area (Å²) in [6.07, 6.45) is 0.248. The van der Waals surface area contributed by atoms with Gasteiger partial charge in [-0.1, -0.05) is 0 Å². The predicted molar refractivity (Wildman–Crippen MR) is 89.2 cm³/mol. The van der Waals surface area contributed by atoms with E-state index in [1.165, 1.54) is 0 Å². The molecule has 6 nitrogen and oxygen atoms in total. The normalized spacial score (nSPS) is 16.7. The van der Waals surface area contributed by atoms with Crippen molar-refractivity contribution in [2.24, 2.45) is 7.05 Å². The van der Waals surface area contributed by atoms with Crippen LogP contribution < -0.4 is 23.5 Å². The number of hydrogen-bond donors (Lipinski definition) is 1. The van der Waals surface area contributed by atoms with E-state index in [1.54, 1.807) is 35.2 Å². The van der Waals surface area contributed by atoms with Gasteiger partial charge in [-0.15, -0.1) is 0 Å². The number of benzene rings is 1. The van der Waals surface area contributed by atoms with Gasteiger partial charge in [-0.05, 0) is 26.0 Å². The first-order chi connectivity index (χ1) is 11.3. The van der Waals surface area contributed by atoms with Crippen LogP contribution in [0.4, 0.5) is 0 Å². The van der Waals surface area contributed by atoms with Crippen molar-refractivity contribution in [3.8, 4) is 23.1 Å². The van der Waals surface area contributed by atoms with E-state index in [2.05, 4.69) is 0 Å². The smallest absolute Gasteiger partial charge is 0.375 e. The summed E-state index contributed by atoms with van der Waals surface area (Å²) < 4.78 is 24.7. The number of fused-ring (bicyclic) bond motifs is 2. The zero-order valence-electron chi connectivity index (χ0n) is 15.0. The summed E-state index contributed by atoms with van der Waals surface area (Å²) in [6, 6.07) is 3.81. The number of ether oxygens (including phenoxy) is 4. The molecule has 24 heavy (non-hydrogen) atoms. The second-order valence-corrected chi connectivity index (χ2v) is 6.54. The second-order valence-electron chi connectivity index (χ2n) is 6.54. The van der Waals surface area contributed by atoms with Crippen LogP contribution in [0.15, 0.2) is 12.1 Å². The molecule has 1 aromatic heterocycles. The lowest BCUT2D eigenvalue weighted by Crippen LogP contribution is -2.41. The Morgan fingerprint density at radius 1 is 1.12 bits per heavy atom. The first kappa shape index (κ1) is 16.6. The SMILES string of the molecule is COc1ccc2c(OC)c3c([n+](C)c2c1OC)OC(C(C)(C)O)C3. The van der Waals surface area contributed by atoms with Crippen molar-refractivity contribution in [2.75, 3.05) is 21.3 Å². The van der Waals surface area contributed by atoms with E-state index in [1.807, 2.05) is 23.7 Å². The molecule has 130 valence electrons. The number of aliphatic hydroxyl groups is 1. The molecule has 1 aliphatic rings. The summed E-state index contributed by atoms with van der Waals surface area (Å²) in [5, 5.41) is 11.3. The van der Waals surface area contributed by atoms with E-state index in [9.17, 15) is 5.11 Å². The molecule has 0 radical (unpaired) electrons. The summed E-state index contributed by atoms with van der Waals surface area (Å²) in [6.45, 7) is 3.50. The molecule has 2 aromatic rings. The van der Waals surface area contributed by atoms with Gasteiger partial charge in [0, 0.05) is 6.42 Å². The molecular weight excluding hydrogens is 310 g/mol. The van der Waals surface area contributed by atoms with E-state index in [-0.39, 0.29) is 6.10 Å². The standard InChI is InChI=1S/C18H24NO5/c1-18(2,20)13-9-11-15(22-5)10-7-8-12(21-4)16(23-6)14(10)19(3)17(11)24-13/h7-8,13,20H,9H2,1-6H3/q+1. The van der Waals surface area contributed by atoms with Crippen molar-refractivity contribution >= 4 is 10.9 Å². The Balaban J connectivity index is 2.33. The molecule has 0 spiro atoms. The quantitative estimate of drug-likeness (QED) is 0.864. The van der Waals surface area contributed by atoms with Gasteiger partial charge >= 0.3 is 5.88 Å². The maximum Gasteiger partial charge on any atom is 0.375 e. The monoisotopic (exact) mass is 334 g/mol. The molecule has 0 fully saturated rings. The summed E-state index contributed by atoms with van der Waals surface area (Å²) in [4.78, 5) is 0. The number of aryl methyl sites for hydroxylation is 1. The average Bonchev–Trinajstić information content (AvgIpc) is 3.00. The fourth-order valence-corrected chi connectivity index (χ4v) is 3.31. The summed E-state index contributed by atoms with van der Waals surface area (Å²) in [5.74, 6) is 2.68. The van der Waals surface area contributed by atoms with E-state index in [4.69, 9.17) is 18.9 Å². The van der Waals surface area contributed by atoms with Gasteiger partial charge in [0.1, 0.15) is 24.5 Å². The third-order valence-corrected chi connectivity index (χ3v) is 4.57. The lowest BCUT2D eigenvalue weighted by atomic mass is 9.96. The third kappa shape index (κ3) is 2.33. The Morgan fingerprint density at radius 2 is 1.79 bits per heavy atom. The van der Waals surface area contributed by atoms with Crippen LogP contribution in [0.25, 0.3) is 10.9 Å². The highest BCUT2D eigenvalue weighted by molar-refractivity contribution is 5.91. The van der Waals surface area contributed by atoms with Crippen molar-refractivity contribution in [3.63, 3.8) is 0 Å². The molecule has 3 rings (SSSR count). The Morgan fingerprint density at radius 3 is 2.33 bits per heavy atom. The van der Waals surface area contributed by atoms with Gasteiger partial charge in [0.15, 0.2) is 5.75 Å². The van der Waals surface area contributed by atoms with Crippen LogP contribution in [0.1, 0.15) is 19.4 Å². The van der Waals surface area contributed by atoms with Crippen LogP contribution in [-0.2, 0) is 13.5 Å². The topological polar surface area (TPSA) is 61.0 Å². The molecule has 0 amide bonds. The van der Waals surface area contributed by atoms with Gasteiger partial charge < -0.3 is 24.1 Å². The number of rotatable bonds is 4. The molecular formula is C18H24NO5+. The van der Waals surface area contributed by atoms with Crippen molar-refractivity contribution in [1.82, 2.24) is 0 Å². The largest absolute Gasteiger partial charge is 0.495 e. The molecule has 1 atom stereocenters. The molecule has 1 aliphatic heterocycles. The van der Waals surface area contributed by atoms with E-state index in [0.717, 1.165) is 22.2 Å². The van der Waals surface area contributed by atoms with Crippen molar-refractivity contribution in [1.29, 1.82) is 0 Å². The van der Waals surface area contributed by atoms with Crippen LogP contribution in [0.3, 0.4) is 0 Å². The van der Waals surface area contributed by atoms with Gasteiger partial charge in [0.25, 0.3) is 5.52 Å². The van der Waals surface area contributed by atoms with Gasteiger partial charge in [0.05, 0.1) is 32.3 Å². The Labute approximate surface area is 141 Å². The van der Waals surface area contributed by atoms with E-state index >= 15 is 0 Å². The summed E-state index contributed by atoms with van der Waals surface area (Å²) in [7, 11) is 6.77. The minimum absolute atomic E-state index is 0.336. The van der Waals surface area contributed by atoms with Crippen LogP contribution in [-0.4, -0.2) is 38.1 Å². The fourth-order valence-electron chi connectivity index (χ4n) is 3.31. The number of hydrogen-bond acceptors (Lipinski definition) is 5. The molecule has 1 aromatic carbocycles. The lowest BCUT2D eigenvalue weighted by Gasteiger charge is -2.23. The second kappa shape index (κ2) is 5.70. The Bertz CT molecular complexity index is 795. The number of pyridine rings is 1. The average molecular weight is 334 g/mol. The molecule has 1 N–H and O–H groups in total. The zero-order chi connectivity index (χ0) is 17.6. The summed E-state index contributed by atoms with van der Waals surface area (Å²) >= 11 is 0. The Hall–Kier alpha value is -2.21. The fraction of sp³-hybridized carbons (Fsp3) is 0.500. The molecule has 6 heteroatoms. The minimum atomic E-state index is -0.953. The van der Waals surface area contributed by atoms with Gasteiger partial charge in [-0.25, -0.2) is 0 Å².